The highest BCUT2D eigenvalue weighted by molar-refractivity contribution is 5.38. The predicted octanol–water partition coefficient (Wildman–Crippen LogP) is 2.06. The number of rotatable bonds is 6. The molecule has 0 atom stereocenters. The number of anilines is 2. The van der Waals surface area contributed by atoms with Crippen LogP contribution in [-0.4, -0.2) is 33.6 Å². The molecule has 1 aromatic heterocycles. The van der Waals surface area contributed by atoms with Gasteiger partial charge in [-0.05, 0) is 40.0 Å². The van der Waals surface area contributed by atoms with Gasteiger partial charge in [0.05, 0.1) is 6.61 Å². The second kappa shape index (κ2) is 5.37. The lowest BCUT2D eigenvalue weighted by molar-refractivity contribution is 0.299. The van der Waals surface area contributed by atoms with Crippen LogP contribution in [0, 0.1) is 0 Å². The minimum atomic E-state index is 0.119. The van der Waals surface area contributed by atoms with E-state index in [1.807, 2.05) is 13.8 Å². The van der Waals surface area contributed by atoms with E-state index in [-0.39, 0.29) is 5.54 Å². The van der Waals surface area contributed by atoms with Crippen molar-refractivity contribution in [3.05, 3.63) is 0 Å². The van der Waals surface area contributed by atoms with Gasteiger partial charge in [-0.25, -0.2) is 0 Å². The van der Waals surface area contributed by atoms with Crippen molar-refractivity contribution in [2.45, 2.75) is 45.6 Å². The first-order chi connectivity index (χ1) is 8.65. The predicted molar refractivity (Wildman–Crippen MR) is 71.0 cm³/mol. The maximum atomic E-state index is 5.36. The van der Waals surface area contributed by atoms with Crippen molar-refractivity contribution in [1.82, 2.24) is 15.0 Å². The van der Waals surface area contributed by atoms with E-state index in [1.165, 1.54) is 6.42 Å². The lowest BCUT2D eigenvalue weighted by Crippen LogP contribution is -2.42. The largest absolute Gasteiger partial charge is 0.464 e. The quantitative estimate of drug-likeness (QED) is 0.806. The summed E-state index contributed by atoms with van der Waals surface area (Å²) in [5.74, 6) is 1.15. The van der Waals surface area contributed by atoms with Gasteiger partial charge in [0.25, 0.3) is 0 Å². The van der Waals surface area contributed by atoms with Gasteiger partial charge in [0.1, 0.15) is 0 Å². The van der Waals surface area contributed by atoms with E-state index >= 15 is 0 Å². The minimum Gasteiger partial charge on any atom is -0.464 e. The van der Waals surface area contributed by atoms with Crippen molar-refractivity contribution in [2.75, 3.05) is 23.8 Å². The summed E-state index contributed by atoms with van der Waals surface area (Å²) >= 11 is 0. The van der Waals surface area contributed by atoms with E-state index in [1.54, 1.807) is 0 Å². The van der Waals surface area contributed by atoms with Gasteiger partial charge in [-0.2, -0.15) is 15.0 Å². The monoisotopic (exact) mass is 251 g/mol. The van der Waals surface area contributed by atoms with Crippen LogP contribution in [0.1, 0.15) is 40.0 Å². The molecular formula is C12H21N5O. The minimum absolute atomic E-state index is 0.119. The van der Waals surface area contributed by atoms with Gasteiger partial charge < -0.3 is 15.4 Å². The molecule has 0 radical (unpaired) electrons. The molecule has 0 saturated heterocycles. The topological polar surface area (TPSA) is 72.0 Å². The van der Waals surface area contributed by atoms with Crippen LogP contribution >= 0.6 is 0 Å². The molecule has 6 nitrogen and oxygen atoms in total. The van der Waals surface area contributed by atoms with Gasteiger partial charge in [-0.15, -0.1) is 0 Å². The molecule has 0 aromatic carbocycles. The van der Waals surface area contributed by atoms with Crippen LogP contribution in [0.4, 0.5) is 11.9 Å². The Balaban J connectivity index is 2.16. The number of nitrogens with zero attached hydrogens (tertiary/aromatic N) is 3. The van der Waals surface area contributed by atoms with Crippen molar-refractivity contribution in [3.8, 4) is 6.01 Å². The average Bonchev–Trinajstić information content (AvgIpc) is 2.27. The molecule has 1 aliphatic rings. The van der Waals surface area contributed by atoms with Crippen LogP contribution in [0.15, 0.2) is 0 Å². The molecule has 0 amide bonds. The third-order valence-corrected chi connectivity index (χ3v) is 3.09. The molecule has 1 fully saturated rings. The van der Waals surface area contributed by atoms with Gasteiger partial charge in [0.2, 0.25) is 11.9 Å². The van der Waals surface area contributed by atoms with Gasteiger partial charge in [-0.3, -0.25) is 0 Å². The smallest absolute Gasteiger partial charge is 0.323 e. The molecule has 1 aliphatic carbocycles. The van der Waals surface area contributed by atoms with Gasteiger partial charge in [-0.1, -0.05) is 0 Å². The lowest BCUT2D eigenvalue weighted by atomic mass is 9.79. The zero-order chi connectivity index (χ0) is 13.0. The van der Waals surface area contributed by atoms with Crippen LogP contribution in [-0.2, 0) is 0 Å². The molecule has 0 bridgehead atoms. The highest BCUT2D eigenvalue weighted by atomic mass is 16.5. The molecule has 6 heteroatoms. The summed E-state index contributed by atoms with van der Waals surface area (Å²) in [5, 5.41) is 6.46. The van der Waals surface area contributed by atoms with E-state index in [4.69, 9.17) is 4.74 Å². The summed E-state index contributed by atoms with van der Waals surface area (Å²) in [6.07, 6.45) is 3.56. The molecule has 1 saturated carbocycles. The molecule has 1 heterocycles. The number of nitrogens with one attached hydrogen (secondary N) is 2. The summed E-state index contributed by atoms with van der Waals surface area (Å²) in [4.78, 5) is 12.8. The van der Waals surface area contributed by atoms with E-state index in [0.717, 1.165) is 19.4 Å². The molecule has 18 heavy (non-hydrogen) atoms. The van der Waals surface area contributed by atoms with E-state index in [0.29, 0.717) is 24.5 Å². The summed E-state index contributed by atoms with van der Waals surface area (Å²) < 4.78 is 5.36. The second-order valence-corrected chi connectivity index (χ2v) is 4.77. The third kappa shape index (κ3) is 3.00. The molecule has 0 spiro atoms. The third-order valence-electron chi connectivity index (χ3n) is 3.09. The Bertz CT molecular complexity index is 381. The number of hydrogen-bond acceptors (Lipinski definition) is 6. The first-order valence-electron chi connectivity index (χ1n) is 6.56. The first kappa shape index (κ1) is 12.9. The van der Waals surface area contributed by atoms with Crippen molar-refractivity contribution in [3.63, 3.8) is 0 Å². The summed E-state index contributed by atoms with van der Waals surface area (Å²) in [6, 6.07) is 0.369. The molecule has 2 rings (SSSR count). The fourth-order valence-corrected chi connectivity index (χ4v) is 1.95. The van der Waals surface area contributed by atoms with E-state index in [9.17, 15) is 0 Å². The van der Waals surface area contributed by atoms with Crippen LogP contribution in [0.3, 0.4) is 0 Å². The molecule has 1 aromatic rings. The Morgan fingerprint density at radius 1 is 1.17 bits per heavy atom. The Morgan fingerprint density at radius 2 is 1.89 bits per heavy atom. The molecule has 0 aliphatic heterocycles. The van der Waals surface area contributed by atoms with Crippen LogP contribution in [0.5, 0.6) is 6.01 Å². The van der Waals surface area contributed by atoms with Crippen molar-refractivity contribution >= 4 is 11.9 Å². The Kier molecular flexibility index (Phi) is 3.84. The zero-order valence-electron chi connectivity index (χ0n) is 11.3. The van der Waals surface area contributed by atoms with Crippen LogP contribution in [0.25, 0.3) is 0 Å². The Hall–Kier alpha value is -1.59. The van der Waals surface area contributed by atoms with Gasteiger partial charge in [0, 0.05) is 12.1 Å². The average molecular weight is 251 g/mol. The van der Waals surface area contributed by atoms with Gasteiger partial charge in [0.15, 0.2) is 0 Å². The Morgan fingerprint density at radius 3 is 2.44 bits per heavy atom. The summed E-state index contributed by atoms with van der Waals surface area (Å²) in [5.41, 5.74) is 0.119. The summed E-state index contributed by atoms with van der Waals surface area (Å²) in [6.45, 7) is 7.42. The van der Waals surface area contributed by atoms with Crippen molar-refractivity contribution < 1.29 is 4.74 Å². The maximum Gasteiger partial charge on any atom is 0.323 e. The molecule has 100 valence electrons. The second-order valence-electron chi connectivity index (χ2n) is 4.77. The Labute approximate surface area is 108 Å². The van der Waals surface area contributed by atoms with Gasteiger partial charge >= 0.3 is 6.01 Å². The normalized spacial score (nSPS) is 16.8. The number of hydrogen-bond donors (Lipinski definition) is 2. The highest BCUT2D eigenvalue weighted by Gasteiger charge is 2.32. The zero-order valence-corrected chi connectivity index (χ0v) is 11.3. The van der Waals surface area contributed by atoms with E-state index < -0.39 is 0 Å². The molecule has 2 N–H and O–H groups in total. The van der Waals surface area contributed by atoms with Crippen molar-refractivity contribution in [1.29, 1.82) is 0 Å². The molecule has 0 unspecified atom stereocenters. The standard InChI is InChI=1S/C12H21N5O/c1-4-13-9-14-10(16-11(15-9)18-5-2)17-12(3)7-6-8-12/h4-8H2,1-3H3,(H2,13,14,15,16,17). The maximum absolute atomic E-state index is 5.36. The number of aromatic nitrogens is 3. The SMILES string of the molecule is CCNc1nc(NC2(C)CCC2)nc(OCC)n1. The van der Waals surface area contributed by atoms with Crippen LogP contribution in [0.2, 0.25) is 0 Å². The van der Waals surface area contributed by atoms with E-state index in [2.05, 4.69) is 32.5 Å². The number of ether oxygens (including phenoxy) is 1. The summed E-state index contributed by atoms with van der Waals surface area (Å²) in [7, 11) is 0. The fourth-order valence-electron chi connectivity index (χ4n) is 1.95. The van der Waals surface area contributed by atoms with Crippen molar-refractivity contribution in [2.24, 2.45) is 0 Å². The highest BCUT2D eigenvalue weighted by Crippen LogP contribution is 2.34. The van der Waals surface area contributed by atoms with Crippen LogP contribution < -0.4 is 15.4 Å². The first-order valence-corrected chi connectivity index (χ1v) is 6.56. The lowest BCUT2D eigenvalue weighted by Gasteiger charge is -2.39. The molecular weight excluding hydrogens is 230 g/mol. The fraction of sp³-hybridized carbons (Fsp3) is 0.750.